The van der Waals surface area contributed by atoms with Crippen molar-refractivity contribution in [2.24, 2.45) is 0 Å². The van der Waals surface area contributed by atoms with Gasteiger partial charge in [0, 0.05) is 30.8 Å². The number of aryl methyl sites for hydroxylation is 1. The third kappa shape index (κ3) is 2.61. The van der Waals surface area contributed by atoms with Crippen LogP contribution in [0, 0.1) is 19.3 Å². The molecule has 0 fully saturated rings. The molecule has 0 aliphatic heterocycles. The molecular weight excluding hydrogens is 174 g/mol. The third-order valence-electron chi connectivity index (χ3n) is 2.26. The largest absolute Gasteiger partial charge is 0.316 e. The van der Waals surface area contributed by atoms with Crippen LogP contribution in [0.5, 0.6) is 0 Å². The van der Waals surface area contributed by atoms with Crippen LogP contribution >= 0.6 is 0 Å². The topological polar surface area (TPSA) is 29.9 Å². The molecule has 1 N–H and O–H groups in total. The van der Waals surface area contributed by atoms with Gasteiger partial charge in [-0.25, -0.2) is 0 Å². The van der Waals surface area contributed by atoms with Crippen LogP contribution in [0.2, 0.25) is 0 Å². The lowest BCUT2D eigenvalue weighted by atomic mass is 10.2. The summed E-state index contributed by atoms with van der Waals surface area (Å²) in [5.41, 5.74) is 2.49. The lowest BCUT2D eigenvalue weighted by Crippen LogP contribution is -2.07. The first kappa shape index (κ1) is 10.8. The zero-order valence-electron chi connectivity index (χ0n) is 8.88. The average molecular weight is 191 g/mol. The molecule has 0 aliphatic rings. The molecular formula is C11H17N3. The van der Waals surface area contributed by atoms with Gasteiger partial charge in [-0.3, -0.25) is 4.68 Å². The Bertz CT molecular complexity index is 320. The first-order valence-electron chi connectivity index (χ1n) is 4.89. The zero-order chi connectivity index (χ0) is 10.4. The highest BCUT2D eigenvalue weighted by molar-refractivity contribution is 5.15. The Hall–Kier alpha value is -1.27. The van der Waals surface area contributed by atoms with E-state index in [0.717, 1.165) is 25.9 Å². The van der Waals surface area contributed by atoms with Crippen molar-refractivity contribution in [3.63, 3.8) is 0 Å². The van der Waals surface area contributed by atoms with Gasteiger partial charge in [-0.15, -0.1) is 12.3 Å². The first-order valence-corrected chi connectivity index (χ1v) is 4.89. The summed E-state index contributed by atoms with van der Waals surface area (Å²) in [6.07, 6.45) is 8.93. The highest BCUT2D eigenvalue weighted by Crippen LogP contribution is 2.07. The average Bonchev–Trinajstić information content (AvgIpc) is 2.51. The van der Waals surface area contributed by atoms with Crippen molar-refractivity contribution in [2.75, 3.05) is 7.05 Å². The maximum Gasteiger partial charge on any atom is 0.0537 e. The summed E-state index contributed by atoms with van der Waals surface area (Å²) >= 11 is 0. The summed E-state index contributed by atoms with van der Waals surface area (Å²) in [4.78, 5) is 0. The number of unbranched alkanes of at least 4 members (excludes halogenated alkanes) is 1. The monoisotopic (exact) mass is 191 g/mol. The van der Waals surface area contributed by atoms with E-state index in [1.54, 1.807) is 0 Å². The van der Waals surface area contributed by atoms with Crippen LogP contribution in [0.4, 0.5) is 0 Å². The molecule has 0 saturated heterocycles. The Morgan fingerprint density at radius 3 is 3.07 bits per heavy atom. The fraction of sp³-hybridized carbons (Fsp3) is 0.545. The predicted octanol–water partition coefficient (Wildman–Crippen LogP) is 1.32. The summed E-state index contributed by atoms with van der Waals surface area (Å²) in [6.45, 7) is 3.89. The Kier molecular flexibility index (Phi) is 4.21. The molecule has 0 amide bonds. The Labute approximate surface area is 85.5 Å². The normalized spacial score (nSPS) is 10.1. The molecule has 1 aromatic rings. The van der Waals surface area contributed by atoms with E-state index in [2.05, 4.69) is 23.3 Å². The molecule has 0 saturated carbocycles. The van der Waals surface area contributed by atoms with Crippen molar-refractivity contribution in [2.45, 2.75) is 32.9 Å². The molecule has 0 aliphatic carbocycles. The molecule has 0 unspecified atom stereocenters. The van der Waals surface area contributed by atoms with Crippen LogP contribution in [0.3, 0.4) is 0 Å². The van der Waals surface area contributed by atoms with Gasteiger partial charge in [-0.1, -0.05) is 0 Å². The van der Waals surface area contributed by atoms with E-state index in [0.29, 0.717) is 0 Å². The van der Waals surface area contributed by atoms with Gasteiger partial charge in [-0.2, -0.15) is 5.10 Å². The van der Waals surface area contributed by atoms with Crippen LogP contribution in [-0.4, -0.2) is 16.8 Å². The van der Waals surface area contributed by atoms with Crippen LogP contribution in [0.1, 0.15) is 24.1 Å². The van der Waals surface area contributed by atoms with Gasteiger partial charge in [0.15, 0.2) is 0 Å². The van der Waals surface area contributed by atoms with Crippen LogP contribution < -0.4 is 5.32 Å². The third-order valence-corrected chi connectivity index (χ3v) is 2.26. The summed E-state index contributed by atoms with van der Waals surface area (Å²) in [5, 5.41) is 7.43. The fourth-order valence-electron chi connectivity index (χ4n) is 1.41. The first-order chi connectivity index (χ1) is 6.79. The van der Waals surface area contributed by atoms with E-state index in [4.69, 9.17) is 6.42 Å². The van der Waals surface area contributed by atoms with E-state index >= 15 is 0 Å². The molecule has 3 nitrogen and oxygen atoms in total. The SMILES string of the molecule is C#CCCCn1ncc(CNC)c1C. The van der Waals surface area contributed by atoms with Crippen LogP contribution in [0.15, 0.2) is 6.20 Å². The minimum atomic E-state index is 0.820. The van der Waals surface area contributed by atoms with Gasteiger partial charge in [0.25, 0.3) is 0 Å². The van der Waals surface area contributed by atoms with Gasteiger partial charge in [0.1, 0.15) is 0 Å². The molecule has 0 atom stereocenters. The van der Waals surface area contributed by atoms with Crippen molar-refractivity contribution in [1.29, 1.82) is 0 Å². The number of hydrogen-bond acceptors (Lipinski definition) is 2. The number of nitrogens with one attached hydrogen (secondary N) is 1. The maximum atomic E-state index is 5.19. The van der Waals surface area contributed by atoms with Gasteiger partial charge >= 0.3 is 0 Å². The zero-order valence-corrected chi connectivity index (χ0v) is 8.88. The van der Waals surface area contributed by atoms with Gasteiger partial charge in [-0.05, 0) is 20.4 Å². The second-order valence-corrected chi connectivity index (χ2v) is 3.32. The maximum absolute atomic E-state index is 5.19. The molecule has 76 valence electrons. The molecule has 0 spiro atoms. The predicted molar refractivity (Wildman–Crippen MR) is 57.8 cm³/mol. The van der Waals surface area contributed by atoms with Gasteiger partial charge in [0.05, 0.1) is 6.20 Å². The van der Waals surface area contributed by atoms with E-state index < -0.39 is 0 Å². The number of terminal acetylenes is 1. The number of hydrogen-bond donors (Lipinski definition) is 1. The Morgan fingerprint density at radius 1 is 1.64 bits per heavy atom. The molecule has 14 heavy (non-hydrogen) atoms. The van der Waals surface area contributed by atoms with Crippen molar-refractivity contribution in [3.8, 4) is 12.3 Å². The molecule has 3 heteroatoms. The summed E-state index contributed by atoms with van der Waals surface area (Å²) < 4.78 is 2.02. The van der Waals surface area contributed by atoms with E-state index in [1.165, 1.54) is 11.3 Å². The fourth-order valence-corrected chi connectivity index (χ4v) is 1.41. The second kappa shape index (κ2) is 5.46. The van der Waals surface area contributed by atoms with Crippen molar-refractivity contribution < 1.29 is 0 Å². The standard InChI is InChI=1S/C11H17N3/c1-4-5-6-7-14-10(2)11(8-12-3)9-13-14/h1,9,12H,5-8H2,2-3H3. The number of rotatable bonds is 5. The molecule has 0 radical (unpaired) electrons. The Morgan fingerprint density at radius 2 is 2.43 bits per heavy atom. The molecule has 1 heterocycles. The summed E-state index contributed by atoms with van der Waals surface area (Å²) in [6, 6.07) is 0. The van der Waals surface area contributed by atoms with E-state index in [-0.39, 0.29) is 0 Å². The van der Waals surface area contributed by atoms with Crippen LogP contribution in [0.25, 0.3) is 0 Å². The minimum Gasteiger partial charge on any atom is -0.316 e. The summed E-state index contributed by atoms with van der Waals surface area (Å²) in [7, 11) is 1.94. The molecule has 0 bridgehead atoms. The minimum absolute atomic E-state index is 0.820. The Balaban J connectivity index is 2.56. The van der Waals surface area contributed by atoms with Crippen molar-refractivity contribution >= 4 is 0 Å². The van der Waals surface area contributed by atoms with E-state index in [9.17, 15) is 0 Å². The lowest BCUT2D eigenvalue weighted by Gasteiger charge is -2.03. The highest BCUT2D eigenvalue weighted by Gasteiger charge is 2.04. The van der Waals surface area contributed by atoms with Crippen molar-refractivity contribution in [1.82, 2.24) is 15.1 Å². The number of aromatic nitrogens is 2. The summed E-state index contributed by atoms with van der Waals surface area (Å²) in [5.74, 6) is 2.64. The van der Waals surface area contributed by atoms with Gasteiger partial charge in [0.2, 0.25) is 0 Å². The second-order valence-electron chi connectivity index (χ2n) is 3.32. The van der Waals surface area contributed by atoms with Crippen molar-refractivity contribution in [3.05, 3.63) is 17.5 Å². The van der Waals surface area contributed by atoms with E-state index in [1.807, 2.05) is 17.9 Å². The molecule has 1 rings (SSSR count). The lowest BCUT2D eigenvalue weighted by molar-refractivity contribution is 0.571. The smallest absolute Gasteiger partial charge is 0.0537 e. The van der Waals surface area contributed by atoms with Gasteiger partial charge < -0.3 is 5.32 Å². The van der Waals surface area contributed by atoms with Crippen LogP contribution in [-0.2, 0) is 13.1 Å². The number of nitrogens with zero attached hydrogens (tertiary/aromatic N) is 2. The molecule has 0 aromatic carbocycles. The highest BCUT2D eigenvalue weighted by atomic mass is 15.3. The molecule has 1 aromatic heterocycles. The quantitative estimate of drug-likeness (QED) is 0.562.